The van der Waals surface area contributed by atoms with Gasteiger partial charge in [-0.15, -0.1) is 0 Å². The number of carboxylic acid groups (broad SMARTS) is 2. The van der Waals surface area contributed by atoms with E-state index in [-0.39, 0.29) is 0 Å². The van der Waals surface area contributed by atoms with Gasteiger partial charge in [-0.1, -0.05) is 18.8 Å². The number of carboxylic acids is 2. The van der Waals surface area contributed by atoms with Gasteiger partial charge in [-0.25, -0.2) is 9.59 Å². The first-order valence-electron chi connectivity index (χ1n) is 3.24. The SMILES string of the molecule is CCC#CC(=CC(=O)O)C(=O)O. The number of rotatable bonds is 2. The number of hydrogen-bond donors (Lipinski definition) is 2. The zero-order valence-corrected chi connectivity index (χ0v) is 6.50. The molecule has 12 heavy (non-hydrogen) atoms. The van der Waals surface area contributed by atoms with Crippen molar-refractivity contribution in [1.29, 1.82) is 0 Å². The molecule has 2 N–H and O–H groups in total. The molecule has 64 valence electrons. The van der Waals surface area contributed by atoms with Gasteiger partial charge in [0, 0.05) is 12.5 Å². The molecular weight excluding hydrogens is 160 g/mol. The van der Waals surface area contributed by atoms with Crippen molar-refractivity contribution < 1.29 is 19.8 Å². The van der Waals surface area contributed by atoms with Crippen molar-refractivity contribution in [2.24, 2.45) is 0 Å². The monoisotopic (exact) mass is 168 g/mol. The summed E-state index contributed by atoms with van der Waals surface area (Å²) in [7, 11) is 0. The summed E-state index contributed by atoms with van der Waals surface area (Å²) in [5.74, 6) is 2.07. The van der Waals surface area contributed by atoms with E-state index in [2.05, 4.69) is 11.8 Å². The summed E-state index contributed by atoms with van der Waals surface area (Å²) < 4.78 is 0. The Morgan fingerprint density at radius 2 is 2.00 bits per heavy atom. The molecule has 0 heterocycles. The van der Waals surface area contributed by atoms with Crippen LogP contribution in [0.5, 0.6) is 0 Å². The van der Waals surface area contributed by atoms with Crippen molar-refractivity contribution in [1.82, 2.24) is 0 Å². The van der Waals surface area contributed by atoms with Crippen LogP contribution in [-0.4, -0.2) is 22.2 Å². The van der Waals surface area contributed by atoms with Crippen LogP contribution < -0.4 is 0 Å². The van der Waals surface area contributed by atoms with Crippen molar-refractivity contribution in [3.05, 3.63) is 11.6 Å². The molecular formula is C8H8O4. The molecule has 0 fully saturated rings. The normalized spacial score (nSPS) is 9.92. The van der Waals surface area contributed by atoms with E-state index >= 15 is 0 Å². The Labute approximate surface area is 69.5 Å². The minimum Gasteiger partial charge on any atom is -0.478 e. The van der Waals surface area contributed by atoms with Gasteiger partial charge >= 0.3 is 11.9 Å². The predicted molar refractivity (Wildman–Crippen MR) is 41.4 cm³/mol. The first kappa shape index (κ1) is 10.2. The third kappa shape index (κ3) is 4.12. The van der Waals surface area contributed by atoms with Gasteiger partial charge in [0.1, 0.15) is 5.57 Å². The van der Waals surface area contributed by atoms with Crippen LogP contribution in [0.15, 0.2) is 11.6 Å². The van der Waals surface area contributed by atoms with Crippen LogP contribution >= 0.6 is 0 Å². The molecule has 0 amide bonds. The van der Waals surface area contributed by atoms with Gasteiger partial charge < -0.3 is 10.2 Å². The van der Waals surface area contributed by atoms with Gasteiger partial charge in [-0.2, -0.15) is 0 Å². The highest BCUT2D eigenvalue weighted by Crippen LogP contribution is 1.92. The summed E-state index contributed by atoms with van der Waals surface area (Å²) in [6, 6.07) is 0. The minimum atomic E-state index is -1.32. The van der Waals surface area contributed by atoms with Crippen LogP contribution in [0.2, 0.25) is 0 Å². The van der Waals surface area contributed by atoms with Crippen LogP contribution in [0, 0.1) is 11.8 Å². The van der Waals surface area contributed by atoms with Gasteiger partial charge in [0.25, 0.3) is 0 Å². The maximum absolute atomic E-state index is 10.3. The molecule has 0 radical (unpaired) electrons. The van der Waals surface area contributed by atoms with Crippen LogP contribution in [0.25, 0.3) is 0 Å². The highest BCUT2D eigenvalue weighted by Gasteiger charge is 2.04. The van der Waals surface area contributed by atoms with Crippen LogP contribution in [0.1, 0.15) is 13.3 Å². The van der Waals surface area contributed by atoms with Gasteiger partial charge in [-0.3, -0.25) is 0 Å². The molecule has 0 aromatic heterocycles. The quantitative estimate of drug-likeness (QED) is 0.465. The van der Waals surface area contributed by atoms with Crippen molar-refractivity contribution >= 4 is 11.9 Å². The van der Waals surface area contributed by atoms with Gasteiger partial charge in [0.2, 0.25) is 0 Å². The van der Waals surface area contributed by atoms with Crippen molar-refractivity contribution in [3.63, 3.8) is 0 Å². The molecule has 0 spiro atoms. The third-order valence-corrected chi connectivity index (χ3v) is 0.898. The Kier molecular flexibility index (Phi) is 4.24. The van der Waals surface area contributed by atoms with E-state index in [9.17, 15) is 9.59 Å². The molecule has 0 saturated carbocycles. The summed E-state index contributed by atoms with van der Waals surface area (Å²) in [4.78, 5) is 20.4. The largest absolute Gasteiger partial charge is 0.478 e. The lowest BCUT2D eigenvalue weighted by Crippen LogP contribution is -2.01. The van der Waals surface area contributed by atoms with Crippen molar-refractivity contribution in [2.45, 2.75) is 13.3 Å². The molecule has 0 aliphatic carbocycles. The number of carbonyl (C=O) groups is 2. The zero-order chi connectivity index (χ0) is 9.56. The highest BCUT2D eigenvalue weighted by atomic mass is 16.4. The van der Waals surface area contributed by atoms with Gasteiger partial charge in [0.05, 0.1) is 0 Å². The van der Waals surface area contributed by atoms with E-state index in [1.807, 2.05) is 0 Å². The average Bonchev–Trinajstić information content (AvgIpc) is 1.96. The molecule has 0 atom stereocenters. The Bertz CT molecular complexity index is 277. The van der Waals surface area contributed by atoms with E-state index < -0.39 is 17.5 Å². The summed E-state index contributed by atoms with van der Waals surface area (Å²) >= 11 is 0. The summed E-state index contributed by atoms with van der Waals surface area (Å²) in [5.41, 5.74) is -0.399. The molecule has 4 heteroatoms. The second-order valence-electron chi connectivity index (χ2n) is 1.86. The van der Waals surface area contributed by atoms with Gasteiger partial charge in [-0.05, 0) is 0 Å². The van der Waals surface area contributed by atoms with E-state index in [4.69, 9.17) is 10.2 Å². The molecule has 0 aromatic rings. The second kappa shape index (κ2) is 4.97. The fraction of sp³-hybridized carbons (Fsp3) is 0.250. The fourth-order valence-corrected chi connectivity index (χ4v) is 0.458. The lowest BCUT2D eigenvalue weighted by molar-refractivity contribution is -0.134. The summed E-state index contributed by atoms with van der Waals surface area (Å²) in [6.07, 6.45) is 1.06. The van der Waals surface area contributed by atoms with E-state index in [1.54, 1.807) is 6.92 Å². The predicted octanol–water partition coefficient (Wildman–Crippen LogP) is 0.495. The topological polar surface area (TPSA) is 74.6 Å². The molecule has 0 rings (SSSR count). The molecule has 0 aromatic carbocycles. The summed E-state index contributed by atoms with van der Waals surface area (Å²) in [5, 5.41) is 16.6. The molecule has 0 saturated heterocycles. The Morgan fingerprint density at radius 1 is 1.42 bits per heavy atom. The first-order valence-corrected chi connectivity index (χ1v) is 3.24. The van der Waals surface area contributed by atoms with Crippen LogP contribution in [-0.2, 0) is 9.59 Å². The Balaban J connectivity index is 4.67. The van der Waals surface area contributed by atoms with E-state index in [0.29, 0.717) is 12.5 Å². The van der Waals surface area contributed by atoms with Crippen LogP contribution in [0.4, 0.5) is 0 Å². The molecule has 0 bridgehead atoms. The summed E-state index contributed by atoms with van der Waals surface area (Å²) in [6.45, 7) is 1.74. The van der Waals surface area contributed by atoms with Crippen molar-refractivity contribution in [3.8, 4) is 11.8 Å². The molecule has 4 nitrogen and oxygen atoms in total. The van der Waals surface area contributed by atoms with E-state index in [1.165, 1.54) is 0 Å². The highest BCUT2D eigenvalue weighted by molar-refractivity contribution is 5.98. The molecule has 0 aliphatic heterocycles. The van der Waals surface area contributed by atoms with Gasteiger partial charge in [0.15, 0.2) is 0 Å². The Morgan fingerprint density at radius 3 is 2.33 bits per heavy atom. The number of hydrogen-bond acceptors (Lipinski definition) is 2. The lowest BCUT2D eigenvalue weighted by atomic mass is 10.2. The fourth-order valence-electron chi connectivity index (χ4n) is 0.458. The van der Waals surface area contributed by atoms with Crippen molar-refractivity contribution in [2.75, 3.05) is 0 Å². The molecule has 0 unspecified atom stereocenters. The Hall–Kier alpha value is -1.76. The van der Waals surface area contributed by atoms with E-state index in [0.717, 1.165) is 0 Å². The average molecular weight is 168 g/mol. The first-order chi connectivity index (χ1) is 5.57. The molecule has 0 aliphatic rings. The standard InChI is InChI=1S/C8H8O4/c1-2-3-4-6(8(11)12)5-7(9)10/h5H,2H2,1H3,(H,9,10)(H,11,12). The lowest BCUT2D eigenvalue weighted by Gasteiger charge is -1.87. The maximum Gasteiger partial charge on any atom is 0.344 e. The van der Waals surface area contributed by atoms with Crippen LogP contribution in [0.3, 0.4) is 0 Å². The number of aliphatic carboxylic acids is 2. The zero-order valence-electron chi connectivity index (χ0n) is 6.50. The second-order valence-corrected chi connectivity index (χ2v) is 1.86. The minimum absolute atomic E-state index is 0.399. The third-order valence-electron chi connectivity index (χ3n) is 0.898. The smallest absolute Gasteiger partial charge is 0.344 e. The maximum atomic E-state index is 10.3.